The lowest BCUT2D eigenvalue weighted by Crippen LogP contribution is -2.26. The van der Waals surface area contributed by atoms with Gasteiger partial charge in [-0.25, -0.2) is 4.98 Å². The van der Waals surface area contributed by atoms with Gasteiger partial charge in [0.05, 0.1) is 7.11 Å². The summed E-state index contributed by atoms with van der Waals surface area (Å²) in [5.41, 5.74) is 2.22. The van der Waals surface area contributed by atoms with Gasteiger partial charge in [0.15, 0.2) is 5.84 Å². The lowest BCUT2D eigenvalue weighted by Gasteiger charge is -2.08. The van der Waals surface area contributed by atoms with Crippen LogP contribution in [0.5, 0.6) is 11.6 Å². The van der Waals surface area contributed by atoms with E-state index in [1.807, 2.05) is 49.6 Å². The number of H-pyrrole nitrogens is 1. The topological polar surface area (TPSA) is 107 Å². The minimum Gasteiger partial charge on any atom is -0.481 e. The lowest BCUT2D eigenvalue weighted by molar-refractivity contribution is 0.397. The Hall–Kier alpha value is -3.49. The first kappa shape index (κ1) is 22.2. The molecule has 162 valence electrons. The number of aromatic nitrogens is 2. The van der Waals surface area contributed by atoms with Crippen LogP contribution in [0.4, 0.5) is 0 Å². The molecule has 8 nitrogen and oxygen atoms in total. The number of hydrogen-bond donors (Lipinski definition) is 4. The minimum atomic E-state index is -0.0188. The number of para-hydroxylation sites is 1. The highest BCUT2D eigenvalue weighted by molar-refractivity contribution is 6.07. The molecule has 0 atom stereocenters. The third-order valence-electron chi connectivity index (χ3n) is 4.46. The summed E-state index contributed by atoms with van der Waals surface area (Å²) in [7, 11) is 3.48. The van der Waals surface area contributed by atoms with Crippen LogP contribution in [-0.4, -0.2) is 55.5 Å². The van der Waals surface area contributed by atoms with Crippen LogP contribution >= 0.6 is 0 Å². The van der Waals surface area contributed by atoms with E-state index in [2.05, 4.69) is 25.6 Å². The summed E-state index contributed by atoms with van der Waals surface area (Å²) < 4.78 is 11.2. The van der Waals surface area contributed by atoms with Crippen LogP contribution in [0.15, 0.2) is 65.8 Å². The van der Waals surface area contributed by atoms with Crippen LogP contribution in [0.2, 0.25) is 0 Å². The molecule has 0 amide bonds. The highest BCUT2D eigenvalue weighted by Crippen LogP contribution is 2.15. The van der Waals surface area contributed by atoms with Crippen molar-refractivity contribution in [3.8, 4) is 11.6 Å². The monoisotopic (exact) mass is 420 g/mol. The zero-order valence-electron chi connectivity index (χ0n) is 17.8. The van der Waals surface area contributed by atoms with Gasteiger partial charge in [0.1, 0.15) is 17.1 Å². The Kier molecular flexibility index (Phi) is 8.33. The summed E-state index contributed by atoms with van der Waals surface area (Å²) in [6.07, 6.45) is 2.81. The molecule has 3 aromatic rings. The number of amidine groups is 1. The second kappa shape index (κ2) is 11.6. The average Bonchev–Trinajstić information content (AvgIpc) is 3.28. The van der Waals surface area contributed by atoms with Gasteiger partial charge < -0.3 is 25.1 Å². The predicted octanol–water partition coefficient (Wildman–Crippen LogP) is 2.62. The standard InChI is InChI=1S/C23H28N6O2/c1-25-13-14-26-12-11-17-15-20(27-16-17)23(31-18-7-4-3-5-8-18)29-22(24)19-9-6-10-21(28-19)30-2/h3-10,15-16,24-27H,11-14H2,1-2H3/b24-22?,29-23+. The third kappa shape index (κ3) is 6.77. The third-order valence-corrected chi connectivity index (χ3v) is 4.46. The van der Waals surface area contributed by atoms with E-state index in [0.29, 0.717) is 28.9 Å². The van der Waals surface area contributed by atoms with Gasteiger partial charge in [-0.3, -0.25) is 5.41 Å². The van der Waals surface area contributed by atoms with E-state index in [1.54, 1.807) is 18.2 Å². The van der Waals surface area contributed by atoms with Crippen LogP contribution in [0.3, 0.4) is 0 Å². The summed E-state index contributed by atoms with van der Waals surface area (Å²) in [6, 6.07) is 16.6. The molecule has 0 aliphatic carbocycles. The largest absolute Gasteiger partial charge is 0.481 e. The summed E-state index contributed by atoms with van der Waals surface area (Å²) in [5, 5.41) is 14.9. The summed E-state index contributed by atoms with van der Waals surface area (Å²) in [5.74, 6) is 1.35. The van der Waals surface area contributed by atoms with Crippen molar-refractivity contribution in [1.82, 2.24) is 20.6 Å². The number of pyridine rings is 1. The molecule has 2 aromatic heterocycles. The molecule has 2 heterocycles. The number of likely N-dealkylation sites (N-methyl/N-ethyl adjacent to an activating group) is 1. The van der Waals surface area contributed by atoms with Gasteiger partial charge in [-0.05, 0) is 49.8 Å². The van der Waals surface area contributed by atoms with E-state index in [-0.39, 0.29) is 5.84 Å². The fourth-order valence-corrected chi connectivity index (χ4v) is 2.84. The second-order valence-corrected chi connectivity index (χ2v) is 6.77. The number of benzene rings is 1. The van der Waals surface area contributed by atoms with Crippen molar-refractivity contribution in [1.29, 1.82) is 5.41 Å². The van der Waals surface area contributed by atoms with Gasteiger partial charge in [-0.2, -0.15) is 4.99 Å². The molecule has 0 aliphatic rings. The number of hydrogen-bond acceptors (Lipinski definition) is 6. The molecule has 0 spiro atoms. The number of aromatic amines is 1. The van der Waals surface area contributed by atoms with Crippen molar-refractivity contribution in [2.45, 2.75) is 6.42 Å². The van der Waals surface area contributed by atoms with Crippen LogP contribution in [0, 0.1) is 5.41 Å². The van der Waals surface area contributed by atoms with Crippen molar-refractivity contribution in [3.63, 3.8) is 0 Å². The number of rotatable bonds is 10. The van der Waals surface area contributed by atoms with Gasteiger partial charge in [-0.1, -0.05) is 24.3 Å². The van der Waals surface area contributed by atoms with E-state index < -0.39 is 0 Å². The van der Waals surface area contributed by atoms with Crippen LogP contribution in [-0.2, 0) is 6.42 Å². The van der Waals surface area contributed by atoms with Gasteiger partial charge in [0.25, 0.3) is 0 Å². The molecule has 31 heavy (non-hydrogen) atoms. The molecule has 0 radical (unpaired) electrons. The zero-order chi connectivity index (χ0) is 21.9. The molecular weight excluding hydrogens is 392 g/mol. The van der Waals surface area contributed by atoms with E-state index in [4.69, 9.17) is 14.9 Å². The highest BCUT2D eigenvalue weighted by Gasteiger charge is 2.13. The van der Waals surface area contributed by atoms with E-state index in [9.17, 15) is 0 Å². The number of aliphatic imine (C=N–C) groups is 1. The smallest absolute Gasteiger partial charge is 0.245 e. The van der Waals surface area contributed by atoms with Crippen LogP contribution in [0.1, 0.15) is 17.0 Å². The zero-order valence-corrected chi connectivity index (χ0v) is 17.8. The number of nitrogens with one attached hydrogen (secondary N) is 4. The van der Waals surface area contributed by atoms with Crippen molar-refractivity contribution in [2.75, 3.05) is 33.8 Å². The van der Waals surface area contributed by atoms with E-state index in [1.165, 1.54) is 7.11 Å². The fourth-order valence-electron chi connectivity index (χ4n) is 2.84. The number of nitrogens with zero attached hydrogens (tertiary/aromatic N) is 2. The van der Waals surface area contributed by atoms with E-state index >= 15 is 0 Å². The average molecular weight is 421 g/mol. The Bertz CT molecular complexity index is 1000. The van der Waals surface area contributed by atoms with Crippen LogP contribution < -0.4 is 20.1 Å². The quantitative estimate of drug-likeness (QED) is 0.229. The Morgan fingerprint density at radius 1 is 1.10 bits per heavy atom. The normalized spacial score (nSPS) is 11.4. The minimum absolute atomic E-state index is 0.0188. The summed E-state index contributed by atoms with van der Waals surface area (Å²) in [4.78, 5) is 11.9. The van der Waals surface area contributed by atoms with Gasteiger partial charge in [-0.15, -0.1) is 0 Å². The predicted molar refractivity (Wildman–Crippen MR) is 123 cm³/mol. The van der Waals surface area contributed by atoms with E-state index in [0.717, 1.165) is 31.6 Å². The fraction of sp³-hybridized carbons (Fsp3) is 0.261. The maximum Gasteiger partial charge on any atom is 0.245 e. The molecule has 0 aliphatic heterocycles. The Balaban J connectivity index is 1.79. The first-order valence-corrected chi connectivity index (χ1v) is 10.1. The molecule has 0 saturated carbocycles. The second-order valence-electron chi connectivity index (χ2n) is 6.77. The van der Waals surface area contributed by atoms with Gasteiger partial charge in [0, 0.05) is 25.4 Å². The van der Waals surface area contributed by atoms with Gasteiger partial charge >= 0.3 is 0 Å². The molecule has 0 bridgehead atoms. The number of ether oxygens (including phenoxy) is 2. The molecule has 0 unspecified atom stereocenters. The molecule has 1 aromatic carbocycles. The van der Waals surface area contributed by atoms with Crippen molar-refractivity contribution in [2.24, 2.45) is 4.99 Å². The summed E-state index contributed by atoms with van der Waals surface area (Å²) >= 11 is 0. The first-order chi connectivity index (χ1) is 15.2. The maximum atomic E-state index is 8.41. The molecule has 0 saturated heterocycles. The first-order valence-electron chi connectivity index (χ1n) is 10.1. The Morgan fingerprint density at radius 3 is 2.71 bits per heavy atom. The Labute approximate surface area is 182 Å². The SMILES string of the molecule is CNCCNCCc1c[nH]c(/C(=N\C(=N)c2cccc(OC)n2)Oc2ccccc2)c1. The number of methoxy groups -OCH3 is 1. The molecule has 3 rings (SSSR count). The highest BCUT2D eigenvalue weighted by atomic mass is 16.5. The summed E-state index contributed by atoms with van der Waals surface area (Å²) in [6.45, 7) is 2.72. The van der Waals surface area contributed by atoms with Gasteiger partial charge in [0.2, 0.25) is 11.8 Å². The Morgan fingerprint density at radius 2 is 1.94 bits per heavy atom. The van der Waals surface area contributed by atoms with Crippen molar-refractivity contribution >= 4 is 11.7 Å². The lowest BCUT2D eigenvalue weighted by atomic mass is 10.2. The van der Waals surface area contributed by atoms with Crippen molar-refractivity contribution in [3.05, 3.63) is 77.7 Å². The van der Waals surface area contributed by atoms with Crippen molar-refractivity contribution < 1.29 is 9.47 Å². The maximum absolute atomic E-state index is 8.41. The molecular formula is C23H28N6O2. The molecule has 0 fully saturated rings. The molecule has 4 N–H and O–H groups in total. The van der Waals surface area contributed by atoms with Crippen LogP contribution in [0.25, 0.3) is 0 Å². The molecule has 8 heteroatoms.